The van der Waals surface area contributed by atoms with Gasteiger partial charge < -0.3 is 15.1 Å². The summed E-state index contributed by atoms with van der Waals surface area (Å²) >= 11 is 0. The molecule has 0 bridgehead atoms. The molecule has 6 nitrogen and oxygen atoms in total. The smallest absolute Gasteiger partial charge is 0.193 e. The number of aromatic nitrogens is 2. The third-order valence-corrected chi connectivity index (χ3v) is 6.04. The van der Waals surface area contributed by atoms with E-state index in [4.69, 9.17) is 4.98 Å². The Morgan fingerprint density at radius 2 is 1.53 bits per heavy atom. The molecule has 0 radical (unpaired) electrons. The minimum absolute atomic E-state index is 0.0273. The minimum Gasteiger partial charge on any atom is -0.354 e. The van der Waals surface area contributed by atoms with Crippen LogP contribution in [-0.2, 0) is 0 Å². The first kappa shape index (κ1) is 20.3. The number of pyridine rings is 2. The summed E-state index contributed by atoms with van der Waals surface area (Å²) in [5, 5.41) is 4.09. The van der Waals surface area contributed by atoms with Gasteiger partial charge in [0.2, 0.25) is 0 Å². The fourth-order valence-electron chi connectivity index (χ4n) is 4.28. The summed E-state index contributed by atoms with van der Waals surface area (Å²) in [4.78, 5) is 22.9. The maximum Gasteiger partial charge on any atom is 0.193 e. The summed E-state index contributed by atoms with van der Waals surface area (Å²) in [6, 6.07) is 23.7. The molecule has 162 valence electrons. The van der Waals surface area contributed by atoms with Crippen molar-refractivity contribution in [3.8, 4) is 5.69 Å². The van der Waals surface area contributed by atoms with Crippen molar-refractivity contribution in [2.75, 3.05) is 43.4 Å². The van der Waals surface area contributed by atoms with Crippen molar-refractivity contribution in [2.45, 2.75) is 6.92 Å². The van der Waals surface area contributed by atoms with E-state index in [2.05, 4.69) is 32.8 Å². The first-order chi connectivity index (χ1) is 15.6. The SMILES string of the molecule is Cc1cc(N2CCN(C)CC2)nc2c1c(=O)cc(Nc1ccccc1)n2-c1ccccc1. The molecule has 5 rings (SSSR count). The van der Waals surface area contributed by atoms with Crippen LogP contribution in [0.4, 0.5) is 17.3 Å². The van der Waals surface area contributed by atoms with Crippen molar-refractivity contribution in [3.05, 3.63) is 88.6 Å². The second-order valence-corrected chi connectivity index (χ2v) is 8.34. The van der Waals surface area contributed by atoms with Gasteiger partial charge in [-0.25, -0.2) is 4.98 Å². The Labute approximate surface area is 187 Å². The summed E-state index contributed by atoms with van der Waals surface area (Å²) in [6.07, 6.45) is 0. The number of para-hydroxylation sites is 2. The zero-order valence-corrected chi connectivity index (χ0v) is 18.5. The summed E-state index contributed by atoms with van der Waals surface area (Å²) in [5.41, 5.74) is 3.47. The van der Waals surface area contributed by atoms with E-state index in [1.54, 1.807) is 6.07 Å². The number of fused-ring (bicyclic) bond motifs is 1. The highest BCUT2D eigenvalue weighted by Gasteiger charge is 2.20. The highest BCUT2D eigenvalue weighted by atomic mass is 16.1. The molecular weight excluding hydrogens is 398 g/mol. The van der Waals surface area contributed by atoms with Crippen LogP contribution in [0.5, 0.6) is 0 Å². The molecule has 0 amide bonds. The van der Waals surface area contributed by atoms with Gasteiger partial charge in [0.25, 0.3) is 0 Å². The first-order valence-electron chi connectivity index (χ1n) is 11.0. The number of nitrogens with zero attached hydrogens (tertiary/aromatic N) is 4. The van der Waals surface area contributed by atoms with E-state index in [-0.39, 0.29) is 5.43 Å². The Morgan fingerprint density at radius 1 is 0.875 bits per heavy atom. The molecule has 32 heavy (non-hydrogen) atoms. The molecule has 0 unspecified atom stereocenters. The molecule has 1 fully saturated rings. The maximum absolute atomic E-state index is 13.2. The van der Waals surface area contributed by atoms with E-state index in [1.165, 1.54) is 0 Å². The molecule has 4 aromatic rings. The van der Waals surface area contributed by atoms with Crippen LogP contribution in [0.15, 0.2) is 77.6 Å². The molecule has 3 heterocycles. The molecule has 1 aliphatic rings. The number of benzene rings is 2. The molecule has 1 aliphatic heterocycles. The predicted molar refractivity (Wildman–Crippen MR) is 132 cm³/mol. The average molecular weight is 426 g/mol. The summed E-state index contributed by atoms with van der Waals surface area (Å²) in [7, 11) is 2.14. The molecule has 0 atom stereocenters. The van der Waals surface area contributed by atoms with Gasteiger partial charge in [0.05, 0.1) is 5.39 Å². The highest BCUT2D eigenvalue weighted by molar-refractivity contribution is 5.85. The van der Waals surface area contributed by atoms with Gasteiger partial charge in [0.15, 0.2) is 11.1 Å². The van der Waals surface area contributed by atoms with E-state index < -0.39 is 0 Å². The second-order valence-electron chi connectivity index (χ2n) is 8.34. The van der Waals surface area contributed by atoms with Crippen molar-refractivity contribution in [3.63, 3.8) is 0 Å². The van der Waals surface area contributed by atoms with Gasteiger partial charge in [0, 0.05) is 43.6 Å². The van der Waals surface area contributed by atoms with E-state index in [1.807, 2.05) is 67.6 Å². The third kappa shape index (κ3) is 3.85. The van der Waals surface area contributed by atoms with E-state index >= 15 is 0 Å². The lowest BCUT2D eigenvalue weighted by molar-refractivity contribution is 0.312. The largest absolute Gasteiger partial charge is 0.354 e. The number of hydrogen-bond acceptors (Lipinski definition) is 5. The molecule has 0 spiro atoms. The summed E-state index contributed by atoms with van der Waals surface area (Å²) < 4.78 is 2.05. The van der Waals surface area contributed by atoms with Gasteiger partial charge in [0.1, 0.15) is 11.6 Å². The van der Waals surface area contributed by atoms with Gasteiger partial charge >= 0.3 is 0 Å². The third-order valence-electron chi connectivity index (χ3n) is 6.04. The van der Waals surface area contributed by atoms with E-state index in [0.29, 0.717) is 16.9 Å². The zero-order valence-electron chi connectivity index (χ0n) is 18.5. The molecule has 2 aromatic heterocycles. The second kappa shape index (κ2) is 8.48. The average Bonchev–Trinajstić information content (AvgIpc) is 2.80. The van der Waals surface area contributed by atoms with Gasteiger partial charge in [-0.1, -0.05) is 36.4 Å². The van der Waals surface area contributed by atoms with E-state index in [0.717, 1.165) is 48.9 Å². The highest BCUT2D eigenvalue weighted by Crippen LogP contribution is 2.28. The Morgan fingerprint density at radius 3 is 2.22 bits per heavy atom. The van der Waals surface area contributed by atoms with Crippen molar-refractivity contribution < 1.29 is 0 Å². The van der Waals surface area contributed by atoms with Crippen LogP contribution in [0.2, 0.25) is 0 Å². The Bertz CT molecular complexity index is 1290. The van der Waals surface area contributed by atoms with Crippen LogP contribution >= 0.6 is 0 Å². The lowest BCUT2D eigenvalue weighted by Crippen LogP contribution is -2.44. The van der Waals surface area contributed by atoms with Crippen molar-refractivity contribution in [1.82, 2.24) is 14.5 Å². The molecular formula is C26H27N5O. The molecule has 6 heteroatoms. The minimum atomic E-state index is -0.0273. The van der Waals surface area contributed by atoms with Crippen molar-refractivity contribution >= 4 is 28.4 Å². The fraction of sp³-hybridized carbons (Fsp3) is 0.231. The molecule has 2 aromatic carbocycles. The lowest BCUT2D eigenvalue weighted by atomic mass is 10.1. The van der Waals surface area contributed by atoms with Crippen LogP contribution in [0.1, 0.15) is 5.56 Å². The van der Waals surface area contributed by atoms with Gasteiger partial charge in [-0.15, -0.1) is 0 Å². The fourth-order valence-corrected chi connectivity index (χ4v) is 4.28. The summed E-state index contributed by atoms with van der Waals surface area (Å²) in [6.45, 7) is 5.85. The topological polar surface area (TPSA) is 53.4 Å². The van der Waals surface area contributed by atoms with Crippen LogP contribution in [0, 0.1) is 6.92 Å². The van der Waals surface area contributed by atoms with Crippen LogP contribution in [0.25, 0.3) is 16.7 Å². The van der Waals surface area contributed by atoms with Crippen molar-refractivity contribution in [2.24, 2.45) is 0 Å². The number of hydrogen-bond donors (Lipinski definition) is 1. The Hall–Kier alpha value is -3.64. The predicted octanol–water partition coefficient (Wildman–Crippen LogP) is 4.19. The van der Waals surface area contributed by atoms with Gasteiger partial charge in [-0.05, 0) is 49.9 Å². The quantitative estimate of drug-likeness (QED) is 0.531. The first-order valence-corrected chi connectivity index (χ1v) is 11.0. The molecule has 1 N–H and O–H groups in total. The Balaban J connectivity index is 1.74. The van der Waals surface area contributed by atoms with Crippen LogP contribution in [-0.4, -0.2) is 47.7 Å². The number of rotatable bonds is 4. The Kier molecular flexibility index (Phi) is 5.37. The van der Waals surface area contributed by atoms with Gasteiger partial charge in [-0.3, -0.25) is 9.36 Å². The van der Waals surface area contributed by atoms with E-state index in [9.17, 15) is 4.79 Å². The maximum atomic E-state index is 13.2. The van der Waals surface area contributed by atoms with Crippen LogP contribution < -0.4 is 15.6 Å². The standard InChI is InChI=1S/C26H27N5O/c1-19-17-23(30-15-13-29(2)14-16-30)28-26-25(19)22(32)18-24(27-20-9-5-3-6-10-20)31(26)21-11-7-4-8-12-21/h3-12,17-18,27H,13-16H2,1-2H3. The number of piperazine rings is 1. The van der Waals surface area contributed by atoms with Crippen LogP contribution in [0.3, 0.4) is 0 Å². The monoisotopic (exact) mass is 425 g/mol. The number of likely N-dealkylation sites (N-methyl/N-ethyl adjacent to an activating group) is 1. The van der Waals surface area contributed by atoms with Crippen molar-refractivity contribution in [1.29, 1.82) is 0 Å². The van der Waals surface area contributed by atoms with Gasteiger partial charge in [-0.2, -0.15) is 0 Å². The normalized spacial score (nSPS) is 14.6. The number of anilines is 3. The molecule has 0 aliphatic carbocycles. The zero-order chi connectivity index (χ0) is 22.1. The number of aryl methyl sites for hydroxylation is 1. The number of nitrogens with one attached hydrogen (secondary N) is 1. The molecule has 0 saturated carbocycles. The lowest BCUT2D eigenvalue weighted by Gasteiger charge is -2.33. The summed E-state index contributed by atoms with van der Waals surface area (Å²) in [5.74, 6) is 1.62. The molecule has 1 saturated heterocycles.